The number of benzene rings is 2. The van der Waals surface area contributed by atoms with Crippen LogP contribution in [0.4, 0.5) is 5.69 Å². The molecule has 7 heteroatoms. The fourth-order valence-corrected chi connectivity index (χ4v) is 2.28. The summed E-state index contributed by atoms with van der Waals surface area (Å²) in [6.07, 6.45) is 1.21. The van der Waals surface area contributed by atoms with Crippen molar-refractivity contribution in [2.45, 2.75) is 11.8 Å². The Morgan fingerprint density at radius 2 is 1.73 bits per heavy atom. The van der Waals surface area contributed by atoms with Crippen molar-refractivity contribution in [2.75, 3.05) is 5.73 Å². The van der Waals surface area contributed by atoms with E-state index in [0.29, 0.717) is 10.6 Å². The highest BCUT2D eigenvalue weighted by atomic mass is 32.2. The lowest BCUT2D eigenvalue weighted by atomic mass is 10.2. The molecule has 1 aliphatic heterocycles. The largest absolute Gasteiger partial charge is 0.399 e. The Morgan fingerprint density at radius 3 is 2.27 bits per heavy atom. The second-order valence-corrected chi connectivity index (χ2v) is 6.12. The number of hydrogen-bond acceptors (Lipinski definition) is 4. The molecule has 0 aliphatic carbocycles. The first-order valence-electron chi connectivity index (χ1n) is 6.30. The molecule has 1 amide bonds. The van der Waals surface area contributed by atoms with Gasteiger partial charge in [-0.25, -0.2) is 4.99 Å². The highest BCUT2D eigenvalue weighted by Crippen LogP contribution is 2.03. The standard InChI is InChI=1S/C8H5NO4S.C7H9N/c10-8-4-5-3-6(14(11,12)13)1-2-7(5)9-8;1-6-2-4-7(8)5-3-6/h1-4H,(H,11,12,13);2-5H,8H2,1H3. The quantitative estimate of drug-likeness (QED) is 0.586. The molecule has 6 nitrogen and oxygen atoms in total. The molecular weight excluding hydrogens is 304 g/mol. The van der Waals surface area contributed by atoms with Crippen molar-refractivity contribution in [3.8, 4) is 0 Å². The van der Waals surface area contributed by atoms with Crippen LogP contribution in [0.2, 0.25) is 0 Å². The number of rotatable bonds is 1. The summed E-state index contributed by atoms with van der Waals surface area (Å²) in [6, 6.07) is 11.6. The molecule has 2 aromatic rings. The van der Waals surface area contributed by atoms with E-state index in [1.54, 1.807) is 0 Å². The zero-order valence-electron chi connectivity index (χ0n) is 11.7. The van der Waals surface area contributed by atoms with Gasteiger partial charge in [0.25, 0.3) is 16.0 Å². The molecule has 114 valence electrons. The Balaban J connectivity index is 0.000000188. The number of amides is 1. The second kappa shape index (κ2) is 6.08. The number of fused-ring (bicyclic) bond motifs is 1. The van der Waals surface area contributed by atoms with Crippen molar-refractivity contribution in [3.63, 3.8) is 0 Å². The Labute approximate surface area is 127 Å². The van der Waals surface area contributed by atoms with Crippen LogP contribution in [0.5, 0.6) is 0 Å². The molecule has 1 heterocycles. The van der Waals surface area contributed by atoms with E-state index < -0.39 is 16.0 Å². The number of nitrogens with two attached hydrogens (primary N) is 1. The van der Waals surface area contributed by atoms with E-state index in [9.17, 15) is 13.2 Å². The number of hydrogen-bond donors (Lipinski definition) is 2. The van der Waals surface area contributed by atoms with Crippen LogP contribution < -0.4 is 16.3 Å². The average Bonchev–Trinajstić information content (AvgIpc) is 2.81. The fraction of sp³-hybridized carbons (Fsp3) is 0.0667. The lowest BCUT2D eigenvalue weighted by Gasteiger charge is -1.93. The predicted molar refractivity (Wildman–Crippen MR) is 82.1 cm³/mol. The van der Waals surface area contributed by atoms with Crippen LogP contribution in [0.25, 0.3) is 6.08 Å². The van der Waals surface area contributed by atoms with Gasteiger partial charge in [-0.2, -0.15) is 8.42 Å². The lowest BCUT2D eigenvalue weighted by Crippen LogP contribution is -2.22. The zero-order chi connectivity index (χ0) is 16.3. The maximum atomic E-state index is 10.8. The van der Waals surface area contributed by atoms with Crippen LogP contribution in [-0.4, -0.2) is 18.9 Å². The maximum absolute atomic E-state index is 10.8. The van der Waals surface area contributed by atoms with Crippen molar-refractivity contribution in [3.05, 3.63) is 58.6 Å². The third-order valence-electron chi connectivity index (χ3n) is 2.88. The van der Waals surface area contributed by atoms with Crippen LogP contribution in [0.3, 0.4) is 0 Å². The van der Waals surface area contributed by atoms with Gasteiger partial charge in [-0.1, -0.05) is 17.7 Å². The van der Waals surface area contributed by atoms with Gasteiger partial charge in [0.2, 0.25) is 0 Å². The number of aryl methyl sites for hydroxylation is 1. The summed E-state index contributed by atoms with van der Waals surface area (Å²) in [4.78, 5) is 14.2. The monoisotopic (exact) mass is 318 g/mol. The number of anilines is 1. The summed E-state index contributed by atoms with van der Waals surface area (Å²) in [5.41, 5.74) is 7.51. The van der Waals surface area contributed by atoms with Gasteiger partial charge in [0.15, 0.2) is 0 Å². The Kier molecular flexibility index (Phi) is 4.39. The molecule has 2 aromatic carbocycles. The van der Waals surface area contributed by atoms with Gasteiger partial charge in [0.1, 0.15) is 0 Å². The summed E-state index contributed by atoms with van der Waals surface area (Å²) < 4.78 is 30.2. The number of nitrogens with zero attached hydrogens (tertiary/aromatic N) is 1. The first-order chi connectivity index (χ1) is 10.3. The van der Waals surface area contributed by atoms with Crippen LogP contribution in [0, 0.1) is 6.92 Å². The minimum Gasteiger partial charge on any atom is -0.399 e. The Morgan fingerprint density at radius 1 is 1.09 bits per heavy atom. The van der Waals surface area contributed by atoms with Gasteiger partial charge in [-0.15, -0.1) is 0 Å². The highest BCUT2D eigenvalue weighted by Gasteiger charge is 2.11. The molecule has 0 atom stereocenters. The molecule has 0 saturated heterocycles. The molecule has 0 fully saturated rings. The van der Waals surface area contributed by atoms with Crippen molar-refractivity contribution in [1.29, 1.82) is 0 Å². The highest BCUT2D eigenvalue weighted by molar-refractivity contribution is 7.85. The molecule has 1 aliphatic rings. The fourth-order valence-electron chi connectivity index (χ4n) is 1.76. The number of carbonyl (C=O) groups excluding carboxylic acids is 1. The van der Waals surface area contributed by atoms with E-state index >= 15 is 0 Å². The van der Waals surface area contributed by atoms with E-state index in [0.717, 1.165) is 5.69 Å². The maximum Gasteiger partial charge on any atom is 0.294 e. The number of nitrogen functional groups attached to an aromatic ring is 1. The molecule has 3 rings (SSSR count). The van der Waals surface area contributed by atoms with Crippen LogP contribution in [-0.2, 0) is 14.9 Å². The predicted octanol–water partition coefficient (Wildman–Crippen LogP) is 0.451. The third-order valence-corrected chi connectivity index (χ3v) is 3.73. The molecular formula is C15H14N2O4S. The molecule has 3 N–H and O–H groups in total. The van der Waals surface area contributed by atoms with Crippen molar-refractivity contribution >= 4 is 27.8 Å². The van der Waals surface area contributed by atoms with E-state index in [-0.39, 0.29) is 4.90 Å². The molecule has 22 heavy (non-hydrogen) atoms. The third kappa shape index (κ3) is 4.00. The van der Waals surface area contributed by atoms with Crippen LogP contribution in [0.15, 0.2) is 52.4 Å². The normalized spacial score (nSPS) is 12.5. The van der Waals surface area contributed by atoms with Crippen LogP contribution >= 0.6 is 0 Å². The first kappa shape index (κ1) is 15.9. The Hall–Kier alpha value is -2.51. The average molecular weight is 318 g/mol. The van der Waals surface area contributed by atoms with E-state index in [1.165, 1.54) is 29.8 Å². The van der Waals surface area contributed by atoms with Gasteiger partial charge >= 0.3 is 0 Å². The van der Waals surface area contributed by atoms with Crippen molar-refractivity contribution in [2.24, 2.45) is 4.99 Å². The minimum atomic E-state index is -4.21. The molecule has 0 spiro atoms. The summed E-state index contributed by atoms with van der Waals surface area (Å²) >= 11 is 0. The summed E-state index contributed by atoms with van der Waals surface area (Å²) in [5, 5.41) is 0.826. The SMILES string of the molecule is Cc1ccc(N)cc1.O=C1C=c2cc(S(=O)(=O)O)ccc2=N1. The summed E-state index contributed by atoms with van der Waals surface area (Å²) in [5.74, 6) is -0.424. The minimum absolute atomic E-state index is 0.239. The topological polar surface area (TPSA) is 110 Å². The Bertz CT molecular complexity index is 911. The van der Waals surface area contributed by atoms with Crippen molar-refractivity contribution in [1.82, 2.24) is 0 Å². The van der Waals surface area contributed by atoms with Gasteiger partial charge < -0.3 is 5.73 Å². The zero-order valence-corrected chi connectivity index (χ0v) is 12.5. The molecule has 0 saturated carbocycles. The van der Waals surface area contributed by atoms with E-state index in [4.69, 9.17) is 10.3 Å². The van der Waals surface area contributed by atoms with E-state index in [1.807, 2.05) is 31.2 Å². The summed E-state index contributed by atoms with van der Waals surface area (Å²) in [7, 11) is -4.21. The molecule has 0 bridgehead atoms. The van der Waals surface area contributed by atoms with Gasteiger partial charge in [0.05, 0.1) is 10.3 Å². The first-order valence-corrected chi connectivity index (χ1v) is 7.74. The summed E-state index contributed by atoms with van der Waals surface area (Å²) in [6.45, 7) is 2.04. The van der Waals surface area contributed by atoms with Crippen molar-refractivity contribution < 1.29 is 17.8 Å². The molecule has 0 unspecified atom stereocenters. The number of carbonyl (C=O) groups is 1. The molecule has 0 radical (unpaired) electrons. The lowest BCUT2D eigenvalue weighted by molar-refractivity contribution is -0.112. The van der Waals surface area contributed by atoms with Crippen LogP contribution in [0.1, 0.15) is 5.56 Å². The van der Waals surface area contributed by atoms with Gasteiger partial charge in [-0.05, 0) is 37.3 Å². The molecule has 0 aromatic heterocycles. The van der Waals surface area contributed by atoms with E-state index in [2.05, 4.69) is 4.99 Å². The smallest absolute Gasteiger partial charge is 0.294 e. The van der Waals surface area contributed by atoms with Gasteiger partial charge in [-0.3, -0.25) is 9.35 Å². The van der Waals surface area contributed by atoms with Gasteiger partial charge in [0, 0.05) is 17.0 Å². The second-order valence-electron chi connectivity index (χ2n) is 4.70.